The van der Waals surface area contributed by atoms with Gasteiger partial charge in [0.1, 0.15) is 6.10 Å². The lowest BCUT2D eigenvalue weighted by Gasteiger charge is -1.99. The molecule has 0 bridgehead atoms. The van der Waals surface area contributed by atoms with Gasteiger partial charge in [-0.2, -0.15) is 0 Å². The van der Waals surface area contributed by atoms with Gasteiger partial charge in [0, 0.05) is 17.5 Å². The second-order valence-electron chi connectivity index (χ2n) is 2.73. The highest BCUT2D eigenvalue weighted by atomic mass is 32.1. The van der Waals surface area contributed by atoms with E-state index < -0.39 is 0 Å². The van der Waals surface area contributed by atoms with Crippen molar-refractivity contribution in [2.24, 2.45) is 5.16 Å². The Kier molecular flexibility index (Phi) is 3.80. The minimum atomic E-state index is 0.171. The SMILES string of the molecule is CC(C)ON=CCc1cccs1. The van der Waals surface area contributed by atoms with Crippen LogP contribution in [0.3, 0.4) is 0 Å². The molecule has 0 fully saturated rings. The average molecular weight is 183 g/mol. The Morgan fingerprint density at radius 3 is 3.08 bits per heavy atom. The number of thiophene rings is 1. The third-order valence-electron chi connectivity index (χ3n) is 1.22. The molecule has 12 heavy (non-hydrogen) atoms. The molecule has 0 aliphatic rings. The van der Waals surface area contributed by atoms with Gasteiger partial charge in [-0.25, -0.2) is 0 Å². The van der Waals surface area contributed by atoms with E-state index in [1.165, 1.54) is 4.88 Å². The van der Waals surface area contributed by atoms with Gasteiger partial charge in [0.25, 0.3) is 0 Å². The van der Waals surface area contributed by atoms with Crippen molar-refractivity contribution in [1.82, 2.24) is 0 Å². The molecule has 0 saturated carbocycles. The number of hydrogen-bond acceptors (Lipinski definition) is 3. The van der Waals surface area contributed by atoms with Gasteiger partial charge in [-0.3, -0.25) is 0 Å². The summed E-state index contributed by atoms with van der Waals surface area (Å²) in [6.07, 6.45) is 2.83. The molecule has 0 radical (unpaired) electrons. The monoisotopic (exact) mass is 183 g/mol. The van der Waals surface area contributed by atoms with Crippen LogP contribution in [0.1, 0.15) is 18.7 Å². The molecule has 0 saturated heterocycles. The molecule has 66 valence electrons. The van der Waals surface area contributed by atoms with E-state index in [0.29, 0.717) is 0 Å². The van der Waals surface area contributed by atoms with Crippen LogP contribution in [-0.2, 0) is 11.3 Å². The van der Waals surface area contributed by atoms with Gasteiger partial charge >= 0.3 is 0 Å². The predicted molar refractivity (Wildman–Crippen MR) is 52.7 cm³/mol. The highest BCUT2D eigenvalue weighted by Gasteiger charge is 1.90. The van der Waals surface area contributed by atoms with Crippen molar-refractivity contribution in [2.75, 3.05) is 0 Å². The van der Waals surface area contributed by atoms with Gasteiger partial charge in [0.2, 0.25) is 0 Å². The van der Waals surface area contributed by atoms with Crippen LogP contribution < -0.4 is 0 Å². The lowest BCUT2D eigenvalue weighted by Crippen LogP contribution is -1.96. The highest BCUT2D eigenvalue weighted by Crippen LogP contribution is 2.07. The first-order valence-corrected chi connectivity index (χ1v) is 4.87. The second kappa shape index (κ2) is 4.93. The van der Waals surface area contributed by atoms with Crippen molar-refractivity contribution in [3.8, 4) is 0 Å². The zero-order valence-electron chi connectivity index (χ0n) is 7.36. The number of nitrogens with zero attached hydrogens (tertiary/aromatic N) is 1. The van der Waals surface area contributed by atoms with Crippen molar-refractivity contribution >= 4 is 17.6 Å². The molecule has 2 nitrogen and oxygen atoms in total. The Labute approximate surface area is 76.9 Å². The fourth-order valence-corrected chi connectivity index (χ4v) is 1.38. The Morgan fingerprint density at radius 2 is 2.50 bits per heavy atom. The van der Waals surface area contributed by atoms with Gasteiger partial charge in [-0.15, -0.1) is 11.3 Å². The van der Waals surface area contributed by atoms with Crippen LogP contribution in [0.25, 0.3) is 0 Å². The molecular formula is C9H13NOS. The van der Waals surface area contributed by atoms with Crippen LogP contribution in [-0.4, -0.2) is 12.3 Å². The summed E-state index contributed by atoms with van der Waals surface area (Å²) in [5.74, 6) is 0. The maximum atomic E-state index is 5.01. The normalized spacial score (nSPS) is 11.2. The Morgan fingerprint density at radius 1 is 1.67 bits per heavy atom. The molecule has 0 unspecified atom stereocenters. The largest absolute Gasteiger partial charge is 0.393 e. The number of oxime groups is 1. The van der Waals surface area contributed by atoms with E-state index in [4.69, 9.17) is 4.84 Å². The molecule has 1 heterocycles. The van der Waals surface area contributed by atoms with Crippen LogP contribution >= 0.6 is 11.3 Å². The van der Waals surface area contributed by atoms with Gasteiger partial charge < -0.3 is 4.84 Å². The molecule has 3 heteroatoms. The van der Waals surface area contributed by atoms with Crippen LogP contribution in [0.4, 0.5) is 0 Å². The van der Waals surface area contributed by atoms with Crippen LogP contribution in [0.5, 0.6) is 0 Å². The summed E-state index contributed by atoms with van der Waals surface area (Å²) in [5.41, 5.74) is 0. The van der Waals surface area contributed by atoms with E-state index in [-0.39, 0.29) is 6.10 Å². The van der Waals surface area contributed by atoms with Gasteiger partial charge in [-0.1, -0.05) is 11.2 Å². The molecule has 0 aliphatic carbocycles. The first-order chi connectivity index (χ1) is 5.79. The standard InChI is InChI=1S/C9H13NOS/c1-8(2)11-10-6-5-9-4-3-7-12-9/h3-4,6-8H,5H2,1-2H3. The fraction of sp³-hybridized carbons (Fsp3) is 0.444. The van der Waals surface area contributed by atoms with E-state index in [0.717, 1.165) is 6.42 Å². The minimum absolute atomic E-state index is 0.171. The lowest BCUT2D eigenvalue weighted by atomic mass is 10.4. The summed E-state index contributed by atoms with van der Waals surface area (Å²) in [6.45, 7) is 3.92. The minimum Gasteiger partial charge on any atom is -0.393 e. The quantitative estimate of drug-likeness (QED) is 0.519. The van der Waals surface area contributed by atoms with E-state index in [1.54, 1.807) is 17.6 Å². The highest BCUT2D eigenvalue weighted by molar-refractivity contribution is 7.10. The molecule has 0 atom stereocenters. The van der Waals surface area contributed by atoms with Gasteiger partial charge in [0.05, 0.1) is 0 Å². The van der Waals surface area contributed by atoms with Crippen LogP contribution in [0.2, 0.25) is 0 Å². The van der Waals surface area contributed by atoms with Gasteiger partial charge in [-0.05, 0) is 25.3 Å². The zero-order valence-corrected chi connectivity index (χ0v) is 8.17. The Bertz CT molecular complexity index is 229. The van der Waals surface area contributed by atoms with Gasteiger partial charge in [0.15, 0.2) is 0 Å². The molecule has 0 amide bonds. The molecule has 1 aromatic heterocycles. The predicted octanol–water partition coefficient (Wildman–Crippen LogP) is 2.70. The van der Waals surface area contributed by atoms with Crippen molar-refractivity contribution in [3.63, 3.8) is 0 Å². The summed E-state index contributed by atoms with van der Waals surface area (Å²) < 4.78 is 0. The van der Waals surface area contributed by atoms with E-state index in [9.17, 15) is 0 Å². The van der Waals surface area contributed by atoms with E-state index in [1.807, 2.05) is 19.9 Å². The van der Waals surface area contributed by atoms with E-state index in [2.05, 4.69) is 16.6 Å². The molecule has 0 N–H and O–H groups in total. The van der Waals surface area contributed by atoms with Crippen molar-refractivity contribution in [3.05, 3.63) is 22.4 Å². The number of rotatable bonds is 4. The van der Waals surface area contributed by atoms with Crippen LogP contribution in [0.15, 0.2) is 22.7 Å². The molecule has 0 aromatic carbocycles. The molecule has 1 aromatic rings. The molecule has 0 aliphatic heterocycles. The van der Waals surface area contributed by atoms with Crippen LogP contribution in [0, 0.1) is 0 Å². The summed E-state index contributed by atoms with van der Waals surface area (Å²) in [4.78, 5) is 6.33. The summed E-state index contributed by atoms with van der Waals surface area (Å²) in [7, 11) is 0. The lowest BCUT2D eigenvalue weighted by molar-refractivity contribution is 0.0869. The third kappa shape index (κ3) is 3.53. The topological polar surface area (TPSA) is 21.6 Å². The molecular weight excluding hydrogens is 170 g/mol. The summed E-state index contributed by atoms with van der Waals surface area (Å²) >= 11 is 1.73. The Hall–Kier alpha value is -0.830. The molecule has 0 spiro atoms. The zero-order chi connectivity index (χ0) is 8.81. The first-order valence-electron chi connectivity index (χ1n) is 3.99. The maximum absolute atomic E-state index is 5.01. The maximum Gasteiger partial charge on any atom is 0.121 e. The number of hydrogen-bond donors (Lipinski definition) is 0. The Balaban J connectivity index is 2.22. The van der Waals surface area contributed by atoms with Crippen molar-refractivity contribution < 1.29 is 4.84 Å². The first kappa shape index (κ1) is 9.26. The van der Waals surface area contributed by atoms with Crippen molar-refractivity contribution in [1.29, 1.82) is 0 Å². The smallest absolute Gasteiger partial charge is 0.121 e. The summed E-state index contributed by atoms with van der Waals surface area (Å²) in [6, 6.07) is 4.13. The molecule has 1 rings (SSSR count). The van der Waals surface area contributed by atoms with Crippen molar-refractivity contribution in [2.45, 2.75) is 26.4 Å². The summed E-state index contributed by atoms with van der Waals surface area (Å²) in [5, 5.41) is 5.89. The fourth-order valence-electron chi connectivity index (χ4n) is 0.721. The average Bonchev–Trinajstić information content (AvgIpc) is 2.49. The second-order valence-corrected chi connectivity index (χ2v) is 3.76. The third-order valence-corrected chi connectivity index (χ3v) is 2.12. The van der Waals surface area contributed by atoms with E-state index >= 15 is 0 Å².